The van der Waals surface area contributed by atoms with E-state index in [4.69, 9.17) is 4.74 Å². The van der Waals surface area contributed by atoms with Crippen LogP contribution in [0.25, 0.3) is 0 Å². The van der Waals surface area contributed by atoms with E-state index in [2.05, 4.69) is 49.9 Å². The molecule has 0 N–H and O–H groups in total. The molecule has 1 saturated carbocycles. The predicted octanol–water partition coefficient (Wildman–Crippen LogP) is 5.24. The number of benzene rings is 1. The van der Waals surface area contributed by atoms with Crippen LogP contribution in [0.3, 0.4) is 0 Å². The highest BCUT2D eigenvalue weighted by Crippen LogP contribution is 2.36. The number of hydrogen-bond donors (Lipinski definition) is 0. The van der Waals surface area contributed by atoms with Crippen molar-refractivity contribution >= 4 is 0 Å². The molecule has 0 amide bonds. The molecule has 2 rings (SSSR count). The van der Waals surface area contributed by atoms with E-state index in [9.17, 15) is 0 Å². The molecule has 0 saturated heterocycles. The molecule has 20 heavy (non-hydrogen) atoms. The van der Waals surface area contributed by atoms with Crippen LogP contribution in [0.4, 0.5) is 0 Å². The van der Waals surface area contributed by atoms with Gasteiger partial charge in [0.05, 0.1) is 13.2 Å². The summed E-state index contributed by atoms with van der Waals surface area (Å²) in [6.45, 7) is 7.08. The highest BCUT2D eigenvalue weighted by Gasteiger charge is 2.20. The van der Waals surface area contributed by atoms with Crippen LogP contribution < -0.4 is 0 Å². The van der Waals surface area contributed by atoms with Crippen LogP contribution in [0.2, 0.25) is 0 Å². The van der Waals surface area contributed by atoms with Gasteiger partial charge in [-0.05, 0) is 55.6 Å². The lowest BCUT2D eigenvalue weighted by atomic mass is 9.78. The van der Waals surface area contributed by atoms with Gasteiger partial charge < -0.3 is 4.74 Å². The second kappa shape index (κ2) is 8.06. The smallest absolute Gasteiger partial charge is 0.0721 e. The maximum Gasteiger partial charge on any atom is 0.0721 e. The minimum absolute atomic E-state index is 0.622. The zero-order valence-electron chi connectivity index (χ0n) is 12.6. The van der Waals surface area contributed by atoms with E-state index >= 15 is 0 Å². The van der Waals surface area contributed by atoms with E-state index in [1.165, 1.54) is 36.8 Å². The van der Waals surface area contributed by atoms with Crippen molar-refractivity contribution in [3.63, 3.8) is 0 Å². The third-order valence-corrected chi connectivity index (χ3v) is 4.19. The first kappa shape index (κ1) is 15.1. The molecule has 1 aromatic rings. The molecule has 0 unspecified atom stereocenters. The first-order chi connectivity index (χ1) is 9.83. The lowest BCUT2D eigenvalue weighted by Crippen LogP contribution is -2.11. The average molecular weight is 270 g/mol. The number of ether oxygens (including phenoxy) is 1. The van der Waals surface area contributed by atoms with Crippen LogP contribution in [0.15, 0.2) is 49.1 Å². The largest absolute Gasteiger partial charge is 0.373 e. The Morgan fingerprint density at radius 3 is 2.45 bits per heavy atom. The fourth-order valence-corrected chi connectivity index (χ4v) is 3.06. The quantitative estimate of drug-likeness (QED) is 0.507. The molecule has 0 spiro atoms. The molecule has 1 nitrogen and oxygen atoms in total. The van der Waals surface area contributed by atoms with Gasteiger partial charge in [-0.1, -0.05) is 42.5 Å². The summed E-state index contributed by atoms with van der Waals surface area (Å²) in [5, 5.41) is 0. The molecule has 108 valence electrons. The Kier molecular flexibility index (Phi) is 6.07. The molecule has 0 atom stereocenters. The lowest BCUT2D eigenvalue weighted by molar-refractivity contribution is 0.149. The molecule has 0 aromatic heterocycles. The van der Waals surface area contributed by atoms with E-state index < -0.39 is 0 Å². The van der Waals surface area contributed by atoms with Crippen LogP contribution >= 0.6 is 0 Å². The summed E-state index contributed by atoms with van der Waals surface area (Å²) in [5.74, 6) is 1.56. The van der Waals surface area contributed by atoms with Crippen LogP contribution in [0.5, 0.6) is 0 Å². The van der Waals surface area contributed by atoms with E-state index in [0.717, 1.165) is 11.8 Å². The van der Waals surface area contributed by atoms with E-state index in [1.807, 2.05) is 0 Å². The topological polar surface area (TPSA) is 9.23 Å². The van der Waals surface area contributed by atoms with Crippen molar-refractivity contribution in [3.8, 4) is 0 Å². The third kappa shape index (κ3) is 4.35. The second-order valence-corrected chi connectivity index (χ2v) is 5.68. The van der Waals surface area contributed by atoms with E-state index in [-0.39, 0.29) is 0 Å². The van der Waals surface area contributed by atoms with Gasteiger partial charge >= 0.3 is 0 Å². The van der Waals surface area contributed by atoms with Crippen LogP contribution in [0, 0.1) is 5.92 Å². The summed E-state index contributed by atoms with van der Waals surface area (Å²) in [4.78, 5) is 0. The summed E-state index contributed by atoms with van der Waals surface area (Å²) in [6, 6.07) is 8.98. The van der Waals surface area contributed by atoms with E-state index in [0.29, 0.717) is 13.2 Å². The molecule has 0 heterocycles. The number of allylic oxidation sites excluding steroid dienone is 2. The van der Waals surface area contributed by atoms with Crippen LogP contribution in [-0.4, -0.2) is 6.61 Å². The van der Waals surface area contributed by atoms with Gasteiger partial charge in [0, 0.05) is 0 Å². The summed E-state index contributed by atoms with van der Waals surface area (Å²) >= 11 is 0. The van der Waals surface area contributed by atoms with Gasteiger partial charge in [0.1, 0.15) is 0 Å². The van der Waals surface area contributed by atoms with Crippen LogP contribution in [-0.2, 0) is 11.3 Å². The van der Waals surface area contributed by atoms with Gasteiger partial charge in [-0.2, -0.15) is 0 Å². The van der Waals surface area contributed by atoms with Crippen molar-refractivity contribution in [2.75, 3.05) is 6.61 Å². The third-order valence-electron chi connectivity index (χ3n) is 4.19. The van der Waals surface area contributed by atoms with Gasteiger partial charge in [-0.3, -0.25) is 0 Å². The highest BCUT2D eigenvalue weighted by atomic mass is 16.5. The Labute approximate surface area is 123 Å². The summed E-state index contributed by atoms with van der Waals surface area (Å²) in [5.41, 5.74) is 2.75. The SMILES string of the molecule is C=CCOCc1ccc([C@H]2CC[C@H](/C=C\C)CC2)cc1. The van der Waals surface area contributed by atoms with Crippen LogP contribution in [0.1, 0.15) is 49.7 Å². The fraction of sp³-hybridized carbons (Fsp3) is 0.474. The number of hydrogen-bond acceptors (Lipinski definition) is 1. The molecule has 1 fully saturated rings. The first-order valence-corrected chi connectivity index (χ1v) is 7.73. The van der Waals surface area contributed by atoms with Crippen molar-refractivity contribution in [3.05, 3.63) is 60.2 Å². The van der Waals surface area contributed by atoms with Gasteiger partial charge in [0.2, 0.25) is 0 Å². The highest BCUT2D eigenvalue weighted by molar-refractivity contribution is 5.25. The molecule has 1 heteroatoms. The Hall–Kier alpha value is -1.34. The molecular weight excluding hydrogens is 244 g/mol. The zero-order valence-corrected chi connectivity index (χ0v) is 12.6. The maximum absolute atomic E-state index is 5.47. The summed E-state index contributed by atoms with van der Waals surface area (Å²) < 4.78 is 5.47. The van der Waals surface area contributed by atoms with Gasteiger partial charge in [-0.25, -0.2) is 0 Å². The normalized spacial score (nSPS) is 23.1. The molecule has 1 aliphatic carbocycles. The summed E-state index contributed by atoms with van der Waals surface area (Å²) in [7, 11) is 0. The Morgan fingerprint density at radius 1 is 1.15 bits per heavy atom. The van der Waals surface area contributed by atoms with Crippen molar-refractivity contribution in [2.45, 2.75) is 45.1 Å². The van der Waals surface area contributed by atoms with Crippen molar-refractivity contribution in [1.29, 1.82) is 0 Å². The Morgan fingerprint density at radius 2 is 1.85 bits per heavy atom. The zero-order chi connectivity index (χ0) is 14.2. The molecular formula is C19H26O. The molecule has 1 aromatic carbocycles. The van der Waals surface area contributed by atoms with Gasteiger partial charge in [0.25, 0.3) is 0 Å². The molecule has 0 bridgehead atoms. The minimum Gasteiger partial charge on any atom is -0.373 e. The molecule has 0 aliphatic heterocycles. The standard InChI is InChI=1S/C19H26O/c1-3-5-16-6-10-18(11-7-16)19-12-8-17(9-13-19)15-20-14-4-2/h3-5,8-9,12-13,16,18H,2,6-7,10-11,14-15H2,1H3/b5-3-/t16-,18-. The van der Waals surface area contributed by atoms with Crippen molar-refractivity contribution in [2.24, 2.45) is 5.92 Å². The monoisotopic (exact) mass is 270 g/mol. The predicted molar refractivity (Wildman–Crippen MR) is 85.8 cm³/mol. The fourth-order valence-electron chi connectivity index (χ4n) is 3.06. The Bertz CT molecular complexity index is 422. The van der Waals surface area contributed by atoms with Gasteiger partial charge in [-0.15, -0.1) is 6.58 Å². The Balaban J connectivity index is 1.86. The van der Waals surface area contributed by atoms with Gasteiger partial charge in [0.15, 0.2) is 0 Å². The maximum atomic E-state index is 5.47. The van der Waals surface area contributed by atoms with Crippen molar-refractivity contribution < 1.29 is 4.74 Å². The first-order valence-electron chi connectivity index (χ1n) is 7.73. The lowest BCUT2D eigenvalue weighted by Gasteiger charge is -2.27. The molecule has 1 aliphatic rings. The summed E-state index contributed by atoms with van der Waals surface area (Å²) in [6.07, 6.45) is 11.7. The van der Waals surface area contributed by atoms with E-state index in [1.54, 1.807) is 6.08 Å². The minimum atomic E-state index is 0.622. The molecule has 0 radical (unpaired) electrons. The van der Waals surface area contributed by atoms with Crippen molar-refractivity contribution in [1.82, 2.24) is 0 Å². The average Bonchev–Trinajstić information content (AvgIpc) is 2.49. The second-order valence-electron chi connectivity index (χ2n) is 5.68. The number of rotatable bonds is 6.